The van der Waals surface area contributed by atoms with Gasteiger partial charge in [0.15, 0.2) is 0 Å². The van der Waals surface area contributed by atoms with Crippen molar-refractivity contribution in [3.05, 3.63) is 0 Å². The number of carbonyl (C=O) groups excluding carboxylic acids is 1. The van der Waals surface area contributed by atoms with Crippen LogP contribution < -0.4 is 0 Å². The van der Waals surface area contributed by atoms with Crippen LogP contribution in [0.25, 0.3) is 0 Å². The van der Waals surface area contributed by atoms with Gasteiger partial charge in [-0.2, -0.15) is 4.52 Å². The molecule has 6 heteroatoms. The Morgan fingerprint density at radius 2 is 2.10 bits per heavy atom. The van der Waals surface area contributed by atoms with Crippen molar-refractivity contribution in [1.29, 1.82) is 0 Å². The van der Waals surface area contributed by atoms with Gasteiger partial charge in [0.2, 0.25) is 0 Å². The van der Waals surface area contributed by atoms with Crippen LogP contribution >= 0.6 is 8.25 Å². The first-order valence-corrected chi connectivity index (χ1v) is 3.52. The molecule has 0 rings (SSSR count). The summed E-state index contributed by atoms with van der Waals surface area (Å²) in [6.45, 7) is 1.61. The predicted octanol–water partition coefficient (Wildman–Crippen LogP) is 0.863. The second-order valence-electron chi connectivity index (χ2n) is 1.22. The summed E-state index contributed by atoms with van der Waals surface area (Å²) in [4.78, 5) is 10.3. The van der Waals surface area contributed by atoms with Gasteiger partial charge < -0.3 is 0 Å². The van der Waals surface area contributed by atoms with Crippen LogP contribution in [-0.2, 0) is 18.4 Å². The quantitative estimate of drug-likeness (QED) is 0.470. The first kappa shape index (κ1) is 13.1. The minimum atomic E-state index is -2.22. The smallest absolute Gasteiger partial charge is 0.247 e. The first-order chi connectivity index (χ1) is 4.20. The van der Waals surface area contributed by atoms with Crippen molar-refractivity contribution in [2.75, 3.05) is 7.11 Å². The average molecular weight is 174 g/mol. The van der Waals surface area contributed by atoms with Crippen molar-refractivity contribution in [3.63, 3.8) is 0 Å². The molecular formula is C4H8NaO4P+. The average Bonchev–Trinajstić information content (AvgIpc) is 1.87. The van der Waals surface area contributed by atoms with E-state index in [1.54, 1.807) is 6.92 Å². The van der Waals surface area contributed by atoms with E-state index >= 15 is 0 Å². The van der Waals surface area contributed by atoms with E-state index < -0.39 is 14.2 Å². The Kier molecular flexibility index (Phi) is 10.0. The molecule has 0 spiro atoms. The minimum Gasteiger partial charge on any atom is -0.247 e. The van der Waals surface area contributed by atoms with Gasteiger partial charge in [-0.15, -0.1) is 4.52 Å². The molecule has 0 saturated heterocycles. The second kappa shape index (κ2) is 7.63. The van der Waals surface area contributed by atoms with Gasteiger partial charge in [-0.05, 0) is 0 Å². The first-order valence-electron chi connectivity index (χ1n) is 2.42. The fourth-order valence-corrected chi connectivity index (χ4v) is 0.555. The maximum atomic E-state index is 10.3. The number of hydrogen-bond acceptors (Lipinski definition) is 4. The van der Waals surface area contributed by atoms with Gasteiger partial charge in [0, 0.05) is 40.5 Å². The van der Waals surface area contributed by atoms with Crippen molar-refractivity contribution in [2.45, 2.75) is 13.3 Å². The summed E-state index contributed by atoms with van der Waals surface area (Å²) in [5.74, 6) is -0.516. The maximum absolute atomic E-state index is 10.3. The Bertz CT molecular complexity index is 112. The monoisotopic (exact) mass is 174 g/mol. The van der Waals surface area contributed by atoms with Crippen LogP contribution in [0.2, 0.25) is 0 Å². The molecule has 4 nitrogen and oxygen atoms in total. The molecule has 0 saturated carbocycles. The van der Waals surface area contributed by atoms with E-state index in [9.17, 15) is 9.36 Å². The molecule has 0 N–H and O–H groups in total. The number of carbonyl (C=O) groups is 1. The van der Waals surface area contributed by atoms with Crippen molar-refractivity contribution < 1.29 is 18.4 Å². The van der Waals surface area contributed by atoms with Crippen LogP contribution in [0.4, 0.5) is 0 Å². The van der Waals surface area contributed by atoms with Gasteiger partial charge in [-0.25, -0.2) is 4.79 Å². The summed E-state index contributed by atoms with van der Waals surface area (Å²) in [5.41, 5.74) is 0. The van der Waals surface area contributed by atoms with Gasteiger partial charge in [0.1, 0.15) is 0 Å². The molecule has 1 unspecified atom stereocenters. The molecule has 0 aromatic heterocycles. The van der Waals surface area contributed by atoms with Gasteiger partial charge >= 0.3 is 14.2 Å². The standard InChI is InChI=1S/C4H8O4P.Na/c1-3-4(5)8-9(6)7-2;/h3H2,1-2H3;/q+1;. The zero-order valence-electron chi connectivity index (χ0n) is 6.29. The Morgan fingerprint density at radius 3 is 2.40 bits per heavy atom. The van der Waals surface area contributed by atoms with E-state index in [2.05, 4.69) is 9.05 Å². The van der Waals surface area contributed by atoms with E-state index in [1.807, 2.05) is 0 Å². The zero-order chi connectivity index (χ0) is 7.28. The topological polar surface area (TPSA) is 52.6 Å². The second-order valence-corrected chi connectivity index (χ2v) is 2.22. The molecule has 0 aliphatic heterocycles. The molecule has 1 atom stereocenters. The third-order valence-electron chi connectivity index (χ3n) is 0.614. The Morgan fingerprint density at radius 1 is 1.60 bits per heavy atom. The molecule has 0 heterocycles. The van der Waals surface area contributed by atoms with E-state index in [0.29, 0.717) is 0 Å². The molecule has 0 fully saturated rings. The Labute approximate surface area is 82.5 Å². The van der Waals surface area contributed by atoms with Gasteiger partial charge in [-0.1, -0.05) is 6.92 Å². The summed E-state index contributed by atoms with van der Waals surface area (Å²) >= 11 is 0. The van der Waals surface area contributed by atoms with Crippen molar-refractivity contribution in [2.24, 2.45) is 0 Å². The fourth-order valence-electron chi connectivity index (χ4n) is 0.185. The Hall–Kier alpha value is 0.530. The Balaban J connectivity index is 0. The predicted molar refractivity (Wildman–Crippen MR) is 36.8 cm³/mol. The third kappa shape index (κ3) is 6.65. The number of rotatable bonds is 3. The van der Waals surface area contributed by atoms with Crippen LogP contribution in [-0.4, -0.2) is 42.6 Å². The molecule has 0 amide bonds. The zero-order valence-corrected chi connectivity index (χ0v) is 9.18. The van der Waals surface area contributed by atoms with Crippen LogP contribution in [0.15, 0.2) is 0 Å². The van der Waals surface area contributed by atoms with Crippen LogP contribution in [0.5, 0.6) is 0 Å². The summed E-state index contributed by atoms with van der Waals surface area (Å²) in [6.07, 6.45) is 0.213. The summed E-state index contributed by atoms with van der Waals surface area (Å²) in [5, 5.41) is 0. The molecule has 53 valence electrons. The van der Waals surface area contributed by atoms with E-state index in [0.717, 1.165) is 0 Å². The molecule has 0 aliphatic rings. The van der Waals surface area contributed by atoms with Crippen LogP contribution in [0.3, 0.4) is 0 Å². The van der Waals surface area contributed by atoms with Gasteiger partial charge in [0.25, 0.3) is 0 Å². The van der Waals surface area contributed by atoms with Crippen LogP contribution in [0.1, 0.15) is 13.3 Å². The van der Waals surface area contributed by atoms with E-state index in [-0.39, 0.29) is 36.0 Å². The summed E-state index contributed by atoms with van der Waals surface area (Å²) < 4.78 is 18.6. The fraction of sp³-hybridized carbons (Fsp3) is 0.750. The molecular weight excluding hydrogens is 166 g/mol. The SMILES string of the molecule is CCC(=O)O[P+](=O)OC.[Na]. The van der Waals surface area contributed by atoms with Gasteiger partial charge in [0.05, 0.1) is 7.11 Å². The molecule has 0 aliphatic carbocycles. The number of hydrogen-bond donors (Lipinski definition) is 0. The van der Waals surface area contributed by atoms with Crippen molar-refractivity contribution >= 4 is 43.8 Å². The maximum Gasteiger partial charge on any atom is 0.752 e. The normalized spacial score (nSPS) is 9.60. The molecule has 0 bridgehead atoms. The summed E-state index contributed by atoms with van der Waals surface area (Å²) in [6, 6.07) is 0. The molecule has 0 aromatic rings. The third-order valence-corrected chi connectivity index (χ3v) is 1.26. The van der Waals surface area contributed by atoms with Gasteiger partial charge in [-0.3, -0.25) is 0 Å². The van der Waals surface area contributed by atoms with E-state index in [4.69, 9.17) is 0 Å². The van der Waals surface area contributed by atoms with Crippen molar-refractivity contribution in [3.8, 4) is 0 Å². The molecule has 1 radical (unpaired) electrons. The van der Waals surface area contributed by atoms with E-state index in [1.165, 1.54) is 7.11 Å². The molecule has 10 heavy (non-hydrogen) atoms. The van der Waals surface area contributed by atoms with Crippen LogP contribution in [0, 0.1) is 0 Å². The van der Waals surface area contributed by atoms with Crippen molar-refractivity contribution in [1.82, 2.24) is 0 Å². The largest absolute Gasteiger partial charge is 0.752 e. The summed E-state index contributed by atoms with van der Waals surface area (Å²) in [7, 11) is -1.01. The molecule has 0 aromatic carbocycles. The minimum absolute atomic E-state index is 0.